The fourth-order valence-electron chi connectivity index (χ4n) is 3.91. The van der Waals surface area contributed by atoms with Gasteiger partial charge in [0.1, 0.15) is 17.5 Å². The van der Waals surface area contributed by atoms with Crippen LogP contribution in [0.15, 0.2) is 72.9 Å². The third-order valence-electron chi connectivity index (χ3n) is 5.64. The van der Waals surface area contributed by atoms with Crippen LogP contribution in [-0.2, 0) is 6.54 Å². The number of rotatable bonds is 8. The highest BCUT2D eigenvalue weighted by atomic mass is 35.5. The van der Waals surface area contributed by atoms with Gasteiger partial charge in [-0.05, 0) is 55.0 Å². The van der Waals surface area contributed by atoms with Gasteiger partial charge >= 0.3 is 0 Å². The first-order chi connectivity index (χ1) is 16.1. The Bertz CT molecular complexity index is 1050. The third-order valence-corrected chi connectivity index (χ3v) is 5.87. The van der Waals surface area contributed by atoms with Gasteiger partial charge in [-0.15, -0.1) is 0 Å². The predicted octanol–water partition coefficient (Wildman–Crippen LogP) is 4.25. The predicted molar refractivity (Wildman–Crippen MR) is 132 cm³/mol. The summed E-state index contributed by atoms with van der Waals surface area (Å²) >= 11 is 6.14. The largest absolute Gasteiger partial charge is 0.489 e. The summed E-state index contributed by atoms with van der Waals surface area (Å²) in [5.41, 5.74) is 2.80. The normalized spacial score (nSPS) is 15.2. The molecule has 1 unspecified atom stereocenters. The lowest BCUT2D eigenvalue weighted by Gasteiger charge is -2.36. The minimum atomic E-state index is -0.197. The lowest BCUT2D eigenvalue weighted by Crippen LogP contribution is -2.45. The molecule has 6 nitrogen and oxygen atoms in total. The number of nitrogens with zero attached hydrogens (tertiary/aromatic N) is 3. The van der Waals surface area contributed by atoms with Crippen LogP contribution in [0.3, 0.4) is 0 Å². The summed E-state index contributed by atoms with van der Waals surface area (Å²) in [6, 6.07) is 21.5. The Morgan fingerprint density at radius 1 is 1.06 bits per heavy atom. The van der Waals surface area contributed by atoms with E-state index in [0.29, 0.717) is 12.2 Å². The van der Waals surface area contributed by atoms with Crippen molar-refractivity contribution >= 4 is 23.2 Å². The smallest absolute Gasteiger partial charge is 0.270 e. The molecule has 1 atom stereocenters. The van der Waals surface area contributed by atoms with E-state index in [4.69, 9.17) is 16.3 Å². The van der Waals surface area contributed by atoms with Gasteiger partial charge in [0.05, 0.1) is 6.54 Å². The number of amides is 1. The Labute approximate surface area is 200 Å². The molecule has 3 aromatic rings. The van der Waals surface area contributed by atoms with Crippen LogP contribution in [0.25, 0.3) is 0 Å². The number of benzene rings is 2. The quantitative estimate of drug-likeness (QED) is 0.540. The zero-order valence-corrected chi connectivity index (χ0v) is 19.5. The van der Waals surface area contributed by atoms with E-state index in [1.807, 2.05) is 37.3 Å². The zero-order valence-electron chi connectivity index (χ0n) is 18.8. The first-order valence-corrected chi connectivity index (χ1v) is 11.6. The average molecular weight is 465 g/mol. The van der Waals surface area contributed by atoms with Gasteiger partial charge in [0, 0.05) is 49.6 Å². The molecule has 1 aliphatic rings. The number of hydrogen-bond acceptors (Lipinski definition) is 5. The Balaban J connectivity index is 1.24. The summed E-state index contributed by atoms with van der Waals surface area (Å²) in [4.78, 5) is 21.1. The molecule has 2 heterocycles. The van der Waals surface area contributed by atoms with Crippen molar-refractivity contribution in [1.29, 1.82) is 0 Å². The van der Waals surface area contributed by atoms with Crippen molar-refractivity contribution in [3.63, 3.8) is 0 Å². The molecule has 2 aromatic carbocycles. The van der Waals surface area contributed by atoms with Gasteiger partial charge < -0.3 is 15.0 Å². The maximum atomic E-state index is 12.2. The highest BCUT2D eigenvalue weighted by molar-refractivity contribution is 6.30. The van der Waals surface area contributed by atoms with Crippen LogP contribution in [0.1, 0.15) is 23.0 Å². The van der Waals surface area contributed by atoms with E-state index in [-0.39, 0.29) is 12.0 Å². The van der Waals surface area contributed by atoms with Gasteiger partial charge in [-0.2, -0.15) is 0 Å². The van der Waals surface area contributed by atoms with Gasteiger partial charge in [0.2, 0.25) is 0 Å². The first-order valence-electron chi connectivity index (χ1n) is 11.2. The van der Waals surface area contributed by atoms with Crippen molar-refractivity contribution in [2.24, 2.45) is 0 Å². The zero-order chi connectivity index (χ0) is 23.0. The highest BCUT2D eigenvalue weighted by Crippen LogP contribution is 2.22. The van der Waals surface area contributed by atoms with Crippen molar-refractivity contribution in [2.45, 2.75) is 19.6 Å². The Morgan fingerprint density at radius 3 is 2.64 bits per heavy atom. The van der Waals surface area contributed by atoms with Crippen LogP contribution in [0.5, 0.6) is 5.75 Å². The van der Waals surface area contributed by atoms with Gasteiger partial charge in [0.25, 0.3) is 5.91 Å². The van der Waals surface area contributed by atoms with Crippen LogP contribution in [0.2, 0.25) is 5.02 Å². The Hall–Kier alpha value is -3.09. The SMILES string of the molecule is CC(CNC(=O)c1ccccn1)Oc1cccc(CN2CCN(c3cccc(Cl)c3)CC2)c1. The molecule has 33 heavy (non-hydrogen) atoms. The first kappa shape index (κ1) is 23.1. The van der Waals surface area contributed by atoms with Crippen LogP contribution < -0.4 is 15.0 Å². The minimum absolute atomic E-state index is 0.158. The summed E-state index contributed by atoms with van der Waals surface area (Å²) < 4.78 is 6.04. The van der Waals surface area contributed by atoms with Gasteiger partial charge in [0.15, 0.2) is 0 Å². The number of halogens is 1. The second-order valence-corrected chi connectivity index (χ2v) is 8.68. The van der Waals surface area contributed by atoms with Crippen molar-refractivity contribution in [1.82, 2.24) is 15.2 Å². The summed E-state index contributed by atoms with van der Waals surface area (Å²) in [7, 11) is 0. The molecule has 0 saturated carbocycles. The number of carbonyl (C=O) groups is 1. The fraction of sp³-hybridized carbons (Fsp3) is 0.308. The molecule has 1 saturated heterocycles. The molecule has 0 bridgehead atoms. The van der Waals surface area contributed by atoms with E-state index in [1.165, 1.54) is 11.3 Å². The molecular weight excluding hydrogens is 436 g/mol. The lowest BCUT2D eigenvalue weighted by atomic mass is 10.1. The molecule has 0 spiro atoms. The molecule has 1 amide bonds. The summed E-state index contributed by atoms with van der Waals surface area (Å²) in [6.45, 7) is 7.17. The van der Waals surface area contributed by atoms with Gasteiger partial charge in [-0.1, -0.05) is 35.9 Å². The highest BCUT2D eigenvalue weighted by Gasteiger charge is 2.18. The molecule has 172 valence electrons. The third kappa shape index (κ3) is 6.70. The van der Waals surface area contributed by atoms with Crippen molar-refractivity contribution in [3.05, 3.63) is 89.2 Å². The van der Waals surface area contributed by atoms with E-state index in [9.17, 15) is 4.79 Å². The van der Waals surface area contributed by atoms with E-state index in [1.54, 1.807) is 24.4 Å². The molecule has 0 radical (unpaired) electrons. The summed E-state index contributed by atoms with van der Waals surface area (Å²) in [5.74, 6) is 0.612. The molecule has 1 aliphatic heterocycles. The topological polar surface area (TPSA) is 57.7 Å². The van der Waals surface area contributed by atoms with E-state index in [2.05, 4.69) is 38.3 Å². The molecule has 4 rings (SSSR count). The van der Waals surface area contributed by atoms with Crippen LogP contribution in [-0.4, -0.2) is 54.6 Å². The molecule has 1 fully saturated rings. The number of aromatic nitrogens is 1. The maximum absolute atomic E-state index is 12.2. The maximum Gasteiger partial charge on any atom is 0.270 e. The summed E-state index contributed by atoms with van der Waals surface area (Å²) in [6.07, 6.45) is 1.45. The minimum Gasteiger partial charge on any atom is -0.489 e. The number of nitrogens with one attached hydrogen (secondary N) is 1. The molecule has 1 aromatic heterocycles. The standard InChI is InChI=1S/C26H29ClN4O2/c1-20(18-29-26(32)25-10-2-3-11-28-25)33-24-9-4-6-21(16-24)19-30-12-14-31(15-13-30)23-8-5-7-22(27)17-23/h2-11,16-17,20H,12-15,18-19H2,1H3,(H,29,32). The second kappa shape index (κ2) is 11.2. The van der Waals surface area contributed by atoms with Gasteiger partial charge in [-0.3, -0.25) is 14.7 Å². The lowest BCUT2D eigenvalue weighted by molar-refractivity contribution is 0.0927. The van der Waals surface area contributed by atoms with Crippen molar-refractivity contribution < 1.29 is 9.53 Å². The average Bonchev–Trinajstić information content (AvgIpc) is 2.84. The number of piperazine rings is 1. The van der Waals surface area contributed by atoms with Crippen LogP contribution in [0.4, 0.5) is 5.69 Å². The number of pyridine rings is 1. The molecule has 1 N–H and O–H groups in total. The molecular formula is C26H29ClN4O2. The Morgan fingerprint density at radius 2 is 1.88 bits per heavy atom. The van der Waals surface area contributed by atoms with Crippen molar-refractivity contribution in [2.75, 3.05) is 37.6 Å². The molecule has 0 aliphatic carbocycles. The molecule has 7 heteroatoms. The van der Waals surface area contributed by atoms with E-state index < -0.39 is 0 Å². The van der Waals surface area contributed by atoms with Crippen molar-refractivity contribution in [3.8, 4) is 5.75 Å². The number of anilines is 1. The monoisotopic (exact) mass is 464 g/mol. The number of carbonyl (C=O) groups excluding carboxylic acids is 1. The van der Waals surface area contributed by atoms with E-state index >= 15 is 0 Å². The number of ether oxygens (including phenoxy) is 1. The van der Waals surface area contributed by atoms with E-state index in [0.717, 1.165) is 43.5 Å². The Kier molecular flexibility index (Phi) is 7.81. The summed E-state index contributed by atoms with van der Waals surface area (Å²) in [5, 5.41) is 3.65. The second-order valence-electron chi connectivity index (χ2n) is 8.24. The van der Waals surface area contributed by atoms with Crippen LogP contribution >= 0.6 is 11.6 Å². The number of hydrogen-bond donors (Lipinski definition) is 1. The van der Waals surface area contributed by atoms with Gasteiger partial charge in [-0.25, -0.2) is 0 Å². The van der Waals surface area contributed by atoms with Crippen LogP contribution in [0, 0.1) is 0 Å². The fourth-order valence-corrected chi connectivity index (χ4v) is 4.09.